The van der Waals surface area contributed by atoms with Crippen molar-refractivity contribution in [2.75, 3.05) is 18.8 Å². The zero-order valence-corrected chi connectivity index (χ0v) is 14.8. The molecule has 1 aliphatic heterocycles. The molecule has 2 amide bonds. The Balaban J connectivity index is 2.04. The highest BCUT2D eigenvalue weighted by molar-refractivity contribution is 5.95. The molecule has 1 aromatic carbocycles. The topological polar surface area (TPSA) is 84.7 Å². The van der Waals surface area contributed by atoms with Crippen LogP contribution in [0.3, 0.4) is 0 Å². The third-order valence-electron chi connectivity index (χ3n) is 3.73. The molecule has 0 spiro atoms. The predicted molar refractivity (Wildman–Crippen MR) is 89.5 cm³/mol. The molecule has 1 fully saturated rings. The van der Waals surface area contributed by atoms with Crippen molar-refractivity contribution in [3.63, 3.8) is 0 Å². The highest BCUT2D eigenvalue weighted by Crippen LogP contribution is 2.31. The molecule has 6 nitrogen and oxygen atoms in total. The maximum absolute atomic E-state index is 12.9. The fourth-order valence-corrected chi connectivity index (χ4v) is 2.66. The van der Waals surface area contributed by atoms with Crippen LogP contribution in [0, 0.1) is 0 Å². The molecule has 1 aliphatic rings. The van der Waals surface area contributed by atoms with Gasteiger partial charge in [-0.05, 0) is 45.4 Å². The minimum absolute atomic E-state index is 0.129. The van der Waals surface area contributed by atoms with Gasteiger partial charge in [-0.2, -0.15) is 13.2 Å². The number of amides is 2. The molecule has 0 radical (unpaired) electrons. The molecule has 0 aliphatic carbocycles. The molecule has 0 bridgehead atoms. The first-order chi connectivity index (χ1) is 11.8. The van der Waals surface area contributed by atoms with E-state index >= 15 is 0 Å². The number of nitrogen functional groups attached to an aromatic ring is 1. The Morgan fingerprint density at radius 3 is 2.46 bits per heavy atom. The molecule has 2 rings (SSSR count). The Labute approximate surface area is 149 Å². The molecule has 1 aromatic rings. The van der Waals surface area contributed by atoms with Gasteiger partial charge < -0.3 is 20.7 Å². The molecule has 1 atom stereocenters. The van der Waals surface area contributed by atoms with Gasteiger partial charge in [0, 0.05) is 24.3 Å². The summed E-state index contributed by atoms with van der Waals surface area (Å²) in [7, 11) is 0. The van der Waals surface area contributed by atoms with E-state index in [1.807, 2.05) is 0 Å². The van der Waals surface area contributed by atoms with E-state index in [2.05, 4.69) is 5.32 Å². The minimum atomic E-state index is -4.59. The van der Waals surface area contributed by atoms with Gasteiger partial charge in [0.15, 0.2) is 0 Å². The van der Waals surface area contributed by atoms with Crippen molar-refractivity contribution in [2.45, 2.75) is 45.0 Å². The van der Waals surface area contributed by atoms with Crippen LogP contribution in [0.25, 0.3) is 0 Å². The predicted octanol–water partition coefficient (Wildman–Crippen LogP) is 3.03. The summed E-state index contributed by atoms with van der Waals surface area (Å²) in [6.07, 6.45) is -4.70. The fourth-order valence-electron chi connectivity index (χ4n) is 2.66. The van der Waals surface area contributed by atoms with Gasteiger partial charge in [-0.15, -0.1) is 0 Å². The van der Waals surface area contributed by atoms with Crippen LogP contribution in [-0.4, -0.2) is 41.6 Å². The Bertz CT molecular complexity index is 699. The number of halogens is 3. The van der Waals surface area contributed by atoms with E-state index in [0.717, 1.165) is 12.1 Å². The van der Waals surface area contributed by atoms with Crippen LogP contribution in [-0.2, 0) is 10.9 Å². The first-order valence-electron chi connectivity index (χ1n) is 8.12. The number of nitrogens with two attached hydrogens (primary N) is 1. The number of alkyl halides is 3. The van der Waals surface area contributed by atoms with Gasteiger partial charge in [-0.1, -0.05) is 0 Å². The summed E-state index contributed by atoms with van der Waals surface area (Å²) in [5.41, 5.74) is 3.62. The lowest BCUT2D eigenvalue weighted by molar-refractivity contribution is -0.137. The maximum Gasteiger partial charge on any atom is 0.416 e. The van der Waals surface area contributed by atoms with Gasteiger partial charge in [0.1, 0.15) is 5.60 Å². The van der Waals surface area contributed by atoms with Crippen molar-refractivity contribution < 1.29 is 27.5 Å². The van der Waals surface area contributed by atoms with Crippen molar-refractivity contribution in [3.05, 3.63) is 29.3 Å². The van der Waals surface area contributed by atoms with E-state index in [0.29, 0.717) is 13.0 Å². The number of carbonyl (C=O) groups is 2. The number of alkyl carbamates (subject to hydrolysis) is 1. The SMILES string of the molecule is CC(C)(C)OC(=O)N[C@@H]1CCN(C(=O)c2cc(N)cc(C(F)(F)F)c2)C1. The fraction of sp³-hybridized carbons (Fsp3) is 0.529. The number of nitrogens with one attached hydrogen (secondary N) is 1. The highest BCUT2D eigenvalue weighted by atomic mass is 19.4. The monoisotopic (exact) mass is 373 g/mol. The third-order valence-corrected chi connectivity index (χ3v) is 3.73. The number of carbonyl (C=O) groups excluding carboxylic acids is 2. The van der Waals surface area contributed by atoms with Crippen LogP contribution in [0.15, 0.2) is 18.2 Å². The molecule has 0 saturated carbocycles. The van der Waals surface area contributed by atoms with Gasteiger partial charge in [0.2, 0.25) is 0 Å². The van der Waals surface area contributed by atoms with Crippen molar-refractivity contribution in [1.29, 1.82) is 0 Å². The second-order valence-corrected chi connectivity index (χ2v) is 7.22. The van der Waals surface area contributed by atoms with Crippen molar-refractivity contribution in [1.82, 2.24) is 10.2 Å². The van der Waals surface area contributed by atoms with E-state index in [1.165, 1.54) is 11.0 Å². The summed E-state index contributed by atoms with van der Waals surface area (Å²) in [6, 6.07) is 2.46. The Hall–Kier alpha value is -2.45. The maximum atomic E-state index is 12.9. The van der Waals surface area contributed by atoms with Crippen LogP contribution < -0.4 is 11.1 Å². The number of rotatable bonds is 2. The number of hydrogen-bond donors (Lipinski definition) is 2. The summed E-state index contributed by atoms with van der Waals surface area (Å²) in [6.45, 7) is 5.70. The number of anilines is 1. The molecular formula is C17H22F3N3O3. The summed E-state index contributed by atoms with van der Waals surface area (Å²) in [5, 5.41) is 2.66. The van der Waals surface area contributed by atoms with E-state index in [9.17, 15) is 22.8 Å². The molecular weight excluding hydrogens is 351 g/mol. The molecule has 9 heteroatoms. The zero-order valence-electron chi connectivity index (χ0n) is 14.8. The number of benzene rings is 1. The average Bonchev–Trinajstić information content (AvgIpc) is 2.91. The van der Waals surface area contributed by atoms with Crippen LogP contribution in [0.4, 0.5) is 23.7 Å². The summed E-state index contributed by atoms with van der Waals surface area (Å²) < 4.78 is 43.8. The first kappa shape index (κ1) is 19.9. The van der Waals surface area contributed by atoms with Crippen molar-refractivity contribution in [3.8, 4) is 0 Å². The lowest BCUT2D eigenvalue weighted by Gasteiger charge is -2.22. The summed E-state index contributed by atoms with van der Waals surface area (Å²) >= 11 is 0. The Morgan fingerprint density at radius 1 is 1.23 bits per heavy atom. The summed E-state index contributed by atoms with van der Waals surface area (Å²) in [5.74, 6) is -0.559. The van der Waals surface area contributed by atoms with E-state index < -0.39 is 29.3 Å². The molecule has 1 saturated heterocycles. The Kier molecular flexibility index (Phi) is 5.39. The third kappa shape index (κ3) is 5.27. The quantitative estimate of drug-likeness (QED) is 0.781. The lowest BCUT2D eigenvalue weighted by atomic mass is 10.1. The van der Waals surface area contributed by atoms with Crippen molar-refractivity contribution >= 4 is 17.7 Å². The minimum Gasteiger partial charge on any atom is -0.444 e. The molecule has 0 unspecified atom stereocenters. The number of ether oxygens (including phenoxy) is 1. The lowest BCUT2D eigenvalue weighted by Crippen LogP contribution is -2.41. The average molecular weight is 373 g/mol. The number of nitrogens with zero attached hydrogens (tertiary/aromatic N) is 1. The van der Waals surface area contributed by atoms with Crippen LogP contribution >= 0.6 is 0 Å². The molecule has 3 N–H and O–H groups in total. The van der Waals surface area contributed by atoms with E-state index in [4.69, 9.17) is 10.5 Å². The molecule has 144 valence electrons. The van der Waals surface area contributed by atoms with Gasteiger partial charge >= 0.3 is 12.3 Å². The Morgan fingerprint density at radius 2 is 1.88 bits per heavy atom. The van der Waals surface area contributed by atoms with E-state index in [1.54, 1.807) is 20.8 Å². The normalized spacial score (nSPS) is 17.9. The van der Waals surface area contributed by atoms with Gasteiger partial charge in [0.25, 0.3) is 5.91 Å². The van der Waals surface area contributed by atoms with Gasteiger partial charge in [-0.25, -0.2) is 4.79 Å². The number of likely N-dealkylation sites (tertiary alicyclic amines) is 1. The smallest absolute Gasteiger partial charge is 0.416 e. The standard InChI is InChI=1S/C17H22F3N3O3/c1-16(2,3)26-15(25)22-13-4-5-23(9-13)14(24)10-6-11(17(18,19)20)8-12(21)7-10/h6-8,13H,4-5,9,21H2,1-3H3,(H,22,25)/t13-/m1/s1. The zero-order chi connectivity index (χ0) is 19.7. The van der Waals surface area contributed by atoms with Crippen LogP contribution in [0.5, 0.6) is 0 Å². The molecule has 0 aromatic heterocycles. The van der Waals surface area contributed by atoms with Crippen LogP contribution in [0.2, 0.25) is 0 Å². The second kappa shape index (κ2) is 7.05. The summed E-state index contributed by atoms with van der Waals surface area (Å²) in [4.78, 5) is 25.7. The first-order valence-corrected chi connectivity index (χ1v) is 8.12. The van der Waals surface area contributed by atoms with Gasteiger partial charge in [-0.3, -0.25) is 4.79 Å². The molecule has 26 heavy (non-hydrogen) atoms. The van der Waals surface area contributed by atoms with Crippen molar-refractivity contribution in [2.24, 2.45) is 0 Å². The molecule has 1 heterocycles. The van der Waals surface area contributed by atoms with E-state index in [-0.39, 0.29) is 23.8 Å². The largest absolute Gasteiger partial charge is 0.444 e. The second-order valence-electron chi connectivity index (χ2n) is 7.22. The number of hydrogen-bond acceptors (Lipinski definition) is 4. The van der Waals surface area contributed by atoms with Crippen LogP contribution in [0.1, 0.15) is 43.1 Å². The highest BCUT2D eigenvalue weighted by Gasteiger charge is 2.33. The van der Waals surface area contributed by atoms with Gasteiger partial charge in [0.05, 0.1) is 11.6 Å².